The monoisotopic (exact) mass is 395 g/mol. The van der Waals surface area contributed by atoms with Gasteiger partial charge in [0.15, 0.2) is 5.96 Å². The second kappa shape index (κ2) is 11.3. The molecule has 3 rings (SSSR count). The summed E-state index contributed by atoms with van der Waals surface area (Å²) in [5.41, 5.74) is 0.262. The summed E-state index contributed by atoms with van der Waals surface area (Å²) in [6.45, 7) is 8.63. The van der Waals surface area contributed by atoms with Crippen LogP contribution in [0.15, 0.2) is 4.99 Å². The Kier molecular flexibility index (Phi) is 8.83. The average molecular weight is 396 g/mol. The van der Waals surface area contributed by atoms with Gasteiger partial charge in [-0.05, 0) is 25.7 Å². The molecule has 1 heterocycles. The molecule has 3 fully saturated rings. The van der Waals surface area contributed by atoms with Crippen LogP contribution in [-0.4, -0.2) is 101 Å². The van der Waals surface area contributed by atoms with Crippen molar-refractivity contribution in [1.29, 1.82) is 0 Å². The SMILES string of the molecule is CN=C(NCCN(CCOC)C1CC1)NCC1(N2CCOCC2)CCCCC1. The Morgan fingerprint density at radius 1 is 1.14 bits per heavy atom. The maximum atomic E-state index is 5.60. The number of rotatable bonds is 10. The van der Waals surface area contributed by atoms with Crippen LogP contribution in [0, 0.1) is 0 Å². The summed E-state index contributed by atoms with van der Waals surface area (Å²) in [5, 5.41) is 7.18. The lowest BCUT2D eigenvalue weighted by atomic mass is 9.80. The quantitative estimate of drug-likeness (QED) is 0.429. The van der Waals surface area contributed by atoms with Crippen molar-refractivity contribution in [3.8, 4) is 0 Å². The first kappa shape index (κ1) is 21.8. The Morgan fingerprint density at radius 2 is 1.89 bits per heavy atom. The van der Waals surface area contributed by atoms with Crippen molar-refractivity contribution >= 4 is 5.96 Å². The molecule has 1 aliphatic heterocycles. The van der Waals surface area contributed by atoms with E-state index in [1.165, 1.54) is 44.9 Å². The minimum Gasteiger partial charge on any atom is -0.383 e. The first-order valence-electron chi connectivity index (χ1n) is 11.3. The fraction of sp³-hybridized carbons (Fsp3) is 0.952. The zero-order valence-electron chi connectivity index (χ0n) is 18.0. The minimum absolute atomic E-state index is 0.262. The lowest BCUT2D eigenvalue weighted by Gasteiger charge is -2.48. The highest BCUT2D eigenvalue weighted by molar-refractivity contribution is 5.79. The molecule has 2 aliphatic carbocycles. The molecule has 0 aromatic rings. The molecule has 0 atom stereocenters. The molecule has 1 saturated heterocycles. The lowest BCUT2D eigenvalue weighted by molar-refractivity contribution is -0.0352. The van der Waals surface area contributed by atoms with Gasteiger partial charge in [0.25, 0.3) is 0 Å². The largest absolute Gasteiger partial charge is 0.383 e. The van der Waals surface area contributed by atoms with Gasteiger partial charge in [-0.1, -0.05) is 19.3 Å². The Morgan fingerprint density at radius 3 is 2.54 bits per heavy atom. The third kappa shape index (κ3) is 6.31. The standard InChI is InChI=1S/C21H41N5O2/c1-22-20(23-10-11-25(12-15-27-2)19-6-7-19)24-18-21(8-4-3-5-9-21)26-13-16-28-17-14-26/h19H,3-18H2,1-2H3,(H2,22,23,24). The molecule has 2 N–H and O–H groups in total. The van der Waals surface area contributed by atoms with E-state index < -0.39 is 0 Å². The number of guanidine groups is 1. The molecule has 28 heavy (non-hydrogen) atoms. The molecule has 2 saturated carbocycles. The van der Waals surface area contributed by atoms with E-state index in [0.29, 0.717) is 0 Å². The molecule has 162 valence electrons. The van der Waals surface area contributed by atoms with Gasteiger partial charge in [-0.2, -0.15) is 0 Å². The van der Waals surface area contributed by atoms with Gasteiger partial charge < -0.3 is 20.1 Å². The molecule has 0 radical (unpaired) electrons. The van der Waals surface area contributed by atoms with Crippen LogP contribution in [-0.2, 0) is 9.47 Å². The van der Waals surface area contributed by atoms with Crippen molar-refractivity contribution in [2.45, 2.75) is 56.5 Å². The first-order valence-corrected chi connectivity index (χ1v) is 11.3. The smallest absolute Gasteiger partial charge is 0.191 e. The summed E-state index contributed by atoms with van der Waals surface area (Å²) in [5.74, 6) is 0.931. The topological polar surface area (TPSA) is 61.4 Å². The van der Waals surface area contributed by atoms with Crippen LogP contribution in [0.1, 0.15) is 44.9 Å². The van der Waals surface area contributed by atoms with E-state index in [9.17, 15) is 0 Å². The highest BCUT2D eigenvalue weighted by Gasteiger charge is 2.38. The number of aliphatic imine (C=N–C) groups is 1. The first-order chi connectivity index (χ1) is 13.8. The van der Waals surface area contributed by atoms with Gasteiger partial charge in [-0.25, -0.2) is 0 Å². The Bertz CT molecular complexity index is 471. The normalized spacial score (nSPS) is 23.8. The number of hydrogen-bond acceptors (Lipinski definition) is 5. The van der Waals surface area contributed by atoms with Gasteiger partial charge in [0.2, 0.25) is 0 Å². The van der Waals surface area contributed by atoms with Gasteiger partial charge >= 0.3 is 0 Å². The molecular formula is C21H41N5O2. The van der Waals surface area contributed by atoms with Gasteiger partial charge in [-0.15, -0.1) is 0 Å². The molecular weight excluding hydrogens is 354 g/mol. The molecule has 7 heteroatoms. The van der Waals surface area contributed by atoms with Crippen LogP contribution in [0.25, 0.3) is 0 Å². The molecule has 3 aliphatic rings. The maximum absolute atomic E-state index is 5.60. The van der Waals surface area contributed by atoms with E-state index in [1.54, 1.807) is 7.11 Å². The molecule has 0 bridgehead atoms. The third-order valence-corrected chi connectivity index (χ3v) is 6.61. The van der Waals surface area contributed by atoms with E-state index >= 15 is 0 Å². The molecule has 0 aromatic heterocycles. The van der Waals surface area contributed by atoms with Gasteiger partial charge in [-0.3, -0.25) is 14.8 Å². The summed E-state index contributed by atoms with van der Waals surface area (Å²) in [7, 11) is 3.66. The molecule has 0 amide bonds. The average Bonchev–Trinajstić information content (AvgIpc) is 3.59. The molecule has 0 aromatic carbocycles. The van der Waals surface area contributed by atoms with Crippen LogP contribution >= 0.6 is 0 Å². The summed E-state index contributed by atoms with van der Waals surface area (Å²) < 4.78 is 10.9. The van der Waals surface area contributed by atoms with E-state index in [1.807, 2.05) is 7.05 Å². The van der Waals surface area contributed by atoms with E-state index in [2.05, 4.69) is 25.4 Å². The van der Waals surface area contributed by atoms with Crippen molar-refractivity contribution in [2.24, 2.45) is 4.99 Å². The predicted octanol–water partition coefficient (Wildman–Crippen LogP) is 1.30. The summed E-state index contributed by atoms with van der Waals surface area (Å²) >= 11 is 0. The van der Waals surface area contributed by atoms with Crippen molar-refractivity contribution < 1.29 is 9.47 Å². The maximum Gasteiger partial charge on any atom is 0.191 e. The Labute approximate surface area is 171 Å². The second-order valence-corrected chi connectivity index (χ2v) is 8.50. The van der Waals surface area contributed by atoms with E-state index in [4.69, 9.17) is 9.47 Å². The van der Waals surface area contributed by atoms with E-state index in [-0.39, 0.29) is 5.54 Å². The number of nitrogens with one attached hydrogen (secondary N) is 2. The van der Waals surface area contributed by atoms with Gasteiger partial charge in [0.1, 0.15) is 0 Å². The number of ether oxygens (including phenoxy) is 2. The summed E-state index contributed by atoms with van der Waals surface area (Å²) in [6, 6.07) is 0.763. The number of morpholine rings is 1. The Hall–Kier alpha value is -0.890. The highest BCUT2D eigenvalue weighted by Crippen LogP contribution is 2.33. The molecule has 0 spiro atoms. The fourth-order valence-corrected chi connectivity index (χ4v) is 4.76. The Balaban J connectivity index is 1.46. The summed E-state index contributed by atoms with van der Waals surface area (Å²) in [4.78, 5) is 9.69. The van der Waals surface area contributed by atoms with E-state index in [0.717, 1.165) is 71.1 Å². The van der Waals surface area contributed by atoms with Gasteiger partial charge in [0, 0.05) is 65.0 Å². The number of hydrogen-bond donors (Lipinski definition) is 2. The van der Waals surface area contributed by atoms with Crippen molar-refractivity contribution in [3.05, 3.63) is 0 Å². The van der Waals surface area contributed by atoms with Crippen molar-refractivity contribution in [2.75, 3.05) is 73.2 Å². The fourth-order valence-electron chi connectivity index (χ4n) is 4.76. The molecule has 0 unspecified atom stereocenters. The number of nitrogens with zero attached hydrogens (tertiary/aromatic N) is 3. The second-order valence-electron chi connectivity index (χ2n) is 8.50. The molecule has 7 nitrogen and oxygen atoms in total. The van der Waals surface area contributed by atoms with Crippen LogP contribution in [0.5, 0.6) is 0 Å². The summed E-state index contributed by atoms with van der Waals surface area (Å²) in [6.07, 6.45) is 9.27. The minimum atomic E-state index is 0.262. The van der Waals surface area contributed by atoms with Crippen LogP contribution in [0.2, 0.25) is 0 Å². The van der Waals surface area contributed by atoms with Crippen LogP contribution in [0.3, 0.4) is 0 Å². The lowest BCUT2D eigenvalue weighted by Crippen LogP contribution is -2.60. The third-order valence-electron chi connectivity index (χ3n) is 6.61. The van der Waals surface area contributed by atoms with Gasteiger partial charge in [0.05, 0.1) is 19.8 Å². The van der Waals surface area contributed by atoms with Crippen molar-refractivity contribution in [3.63, 3.8) is 0 Å². The highest BCUT2D eigenvalue weighted by atomic mass is 16.5. The predicted molar refractivity (Wildman–Crippen MR) is 114 cm³/mol. The number of methoxy groups -OCH3 is 1. The van der Waals surface area contributed by atoms with Crippen LogP contribution < -0.4 is 10.6 Å². The zero-order chi connectivity index (χ0) is 19.7. The van der Waals surface area contributed by atoms with Crippen molar-refractivity contribution in [1.82, 2.24) is 20.4 Å². The zero-order valence-corrected chi connectivity index (χ0v) is 18.0. The van der Waals surface area contributed by atoms with Crippen LogP contribution in [0.4, 0.5) is 0 Å².